The van der Waals surface area contributed by atoms with E-state index in [1.807, 2.05) is 18.2 Å². The highest BCUT2D eigenvalue weighted by atomic mass is 32.2. The van der Waals surface area contributed by atoms with Crippen molar-refractivity contribution in [3.05, 3.63) is 48.1 Å². The number of thiazole rings is 1. The van der Waals surface area contributed by atoms with Crippen LogP contribution in [0.4, 0.5) is 16.2 Å². The molecule has 0 spiro atoms. The number of carbonyl (C=O) groups is 5. The summed E-state index contributed by atoms with van der Waals surface area (Å²) in [5, 5.41) is 6.81. The second-order valence-electron chi connectivity index (χ2n) is 21.1. The van der Waals surface area contributed by atoms with Crippen molar-refractivity contribution in [3.8, 4) is 5.75 Å². The maximum Gasteiger partial charge on any atom is 0.410 e. The fourth-order valence-electron chi connectivity index (χ4n) is 7.86. The molecule has 22 heteroatoms. The van der Waals surface area contributed by atoms with Crippen LogP contribution in [0.25, 0.3) is 21.1 Å². The Morgan fingerprint density at radius 1 is 0.838 bits per heavy atom. The van der Waals surface area contributed by atoms with Crippen LogP contribution in [-0.2, 0) is 57.4 Å². The lowest BCUT2D eigenvalue weighted by atomic mass is 9.85. The number of pyridine rings is 1. The number of rotatable bonds is 25. The lowest BCUT2D eigenvalue weighted by Crippen LogP contribution is -2.59. The second-order valence-corrected chi connectivity index (χ2v) is 24.7. The number of esters is 1. The molecule has 1 aliphatic rings. The lowest BCUT2D eigenvalue weighted by molar-refractivity contribution is -0.153. The van der Waals surface area contributed by atoms with Gasteiger partial charge in [0, 0.05) is 49.0 Å². The van der Waals surface area contributed by atoms with Crippen LogP contribution in [0.3, 0.4) is 0 Å². The highest BCUT2D eigenvalue weighted by molar-refractivity contribution is 7.92. The Morgan fingerprint density at radius 2 is 1.47 bits per heavy atom. The molecule has 1 saturated heterocycles. The van der Waals surface area contributed by atoms with Gasteiger partial charge in [0.15, 0.2) is 15.6 Å². The van der Waals surface area contributed by atoms with E-state index in [1.54, 1.807) is 104 Å². The minimum Gasteiger partial charge on any atom is -0.490 e. The number of ether oxygens (including phenoxy) is 7. The molecule has 0 unspecified atom stereocenters. The molecule has 2 N–H and O–H groups in total. The third-order valence-electron chi connectivity index (χ3n) is 12.1. The normalized spacial score (nSPS) is 16.2. The number of hydrogen-bond acceptors (Lipinski definition) is 18. The number of fused-ring (bicyclic) bond motifs is 2. The summed E-state index contributed by atoms with van der Waals surface area (Å²) in [4.78, 5) is 77.6. The smallest absolute Gasteiger partial charge is 0.410 e. The lowest BCUT2D eigenvalue weighted by Gasteiger charge is -2.36. The first-order chi connectivity index (χ1) is 34.7. The van der Waals surface area contributed by atoms with Crippen LogP contribution in [0.2, 0.25) is 0 Å². The van der Waals surface area contributed by atoms with Crippen LogP contribution < -0.4 is 15.4 Å². The van der Waals surface area contributed by atoms with Crippen LogP contribution >= 0.6 is 11.3 Å². The summed E-state index contributed by atoms with van der Waals surface area (Å²) >= 11 is 1.55. The average molecular weight is 1070 g/mol. The van der Waals surface area contributed by atoms with Gasteiger partial charge in [0.2, 0.25) is 11.8 Å². The minimum atomic E-state index is -3.84. The summed E-state index contributed by atoms with van der Waals surface area (Å²) in [5.74, 6) is -2.11. The molecule has 1 fully saturated rings. The molecule has 2 aromatic carbocycles. The highest BCUT2D eigenvalue weighted by Gasteiger charge is 2.46. The standard InChI is InChI=1S/C52H74N6O14S2/c1-33(57(11)49(63)72-51(5,6)7)46(60)56-45(50(2,3)4)47(61)58-30-34(26-41(58)48(62)66-12)25-36(59)31-70-22-21-68-18-17-67-19-20-69-23-24-71-42-29-39-37(28-44(42)74(64,65)52(8,9)10)38(15-16-53-39)55-35-13-14-43-40(27-35)54-32-73-43/h13-16,27-29,32-34,41,45H,17-26,30-31H2,1-12H3,(H,53,55)(H,56,60)/t33-,34-,41-,45+/m0/s1. The molecular formula is C52H74N6O14S2. The molecule has 3 heterocycles. The molecule has 74 heavy (non-hydrogen) atoms. The number of aromatic nitrogens is 2. The fraction of sp³-hybridized carbons (Fsp3) is 0.596. The molecule has 2 aromatic heterocycles. The monoisotopic (exact) mass is 1070 g/mol. The minimum absolute atomic E-state index is 0.0530. The van der Waals surface area contributed by atoms with Crippen LogP contribution in [0.15, 0.2) is 53.0 Å². The van der Waals surface area contributed by atoms with E-state index in [1.165, 1.54) is 26.0 Å². The van der Waals surface area contributed by atoms with Gasteiger partial charge in [-0.25, -0.2) is 23.0 Å². The van der Waals surface area contributed by atoms with Crippen molar-refractivity contribution in [2.45, 2.75) is 115 Å². The summed E-state index contributed by atoms with van der Waals surface area (Å²) in [6.45, 7) is 18.6. The summed E-state index contributed by atoms with van der Waals surface area (Å²) < 4.78 is 66.5. The number of anilines is 2. The third-order valence-corrected chi connectivity index (χ3v) is 15.4. The molecule has 408 valence electrons. The van der Waals surface area contributed by atoms with Gasteiger partial charge < -0.3 is 48.7 Å². The summed E-state index contributed by atoms with van der Waals surface area (Å²) in [6.07, 6.45) is 1.20. The SMILES string of the molecule is COC(=O)[C@@H]1C[C@H](CC(=O)COCCOCCOCCOCCOc2cc3nccc(Nc4ccc5scnc5c4)c3cc2S(=O)(=O)C(C)(C)C)CN1C(=O)[C@@H](NC(=O)[C@H](C)N(C)C(=O)OC(C)(C)C)C(C)(C)C. The number of ketones is 1. The van der Waals surface area contributed by atoms with Crippen molar-refractivity contribution in [3.63, 3.8) is 0 Å². The Balaban J connectivity index is 0.992. The molecule has 3 amide bonds. The Kier molecular flexibility index (Phi) is 20.7. The van der Waals surface area contributed by atoms with Crippen molar-refractivity contribution in [1.29, 1.82) is 0 Å². The average Bonchev–Trinajstić information content (AvgIpc) is 3.98. The molecule has 1 aliphatic heterocycles. The second kappa shape index (κ2) is 25.8. The molecule has 20 nitrogen and oxygen atoms in total. The van der Waals surface area contributed by atoms with Gasteiger partial charge in [0.1, 0.15) is 47.6 Å². The number of Topliss-reactive ketones (excluding diaryl/α,β-unsaturated/α-hetero) is 1. The number of likely N-dealkylation sites (tertiary alicyclic amines) is 1. The molecular weight excluding hydrogens is 997 g/mol. The van der Waals surface area contributed by atoms with Crippen molar-refractivity contribution < 1.29 is 65.5 Å². The van der Waals surface area contributed by atoms with E-state index in [2.05, 4.69) is 20.6 Å². The zero-order chi connectivity index (χ0) is 54.6. The number of carbonyl (C=O) groups excluding carboxylic acids is 5. The Morgan fingerprint density at radius 3 is 2.08 bits per heavy atom. The number of methoxy groups -OCH3 is 1. The predicted molar refractivity (Wildman–Crippen MR) is 280 cm³/mol. The van der Waals surface area contributed by atoms with Crippen LogP contribution in [0, 0.1) is 11.3 Å². The topological polar surface area (TPSA) is 240 Å². The molecule has 0 radical (unpaired) electrons. The van der Waals surface area contributed by atoms with Crippen LogP contribution in [0.1, 0.15) is 82.1 Å². The van der Waals surface area contributed by atoms with Crippen molar-refractivity contribution >= 4 is 83.3 Å². The number of likely N-dealkylation sites (N-methyl/N-ethyl adjacent to an activating group) is 1. The number of sulfone groups is 1. The molecule has 4 aromatic rings. The van der Waals surface area contributed by atoms with Gasteiger partial charge in [-0.2, -0.15) is 0 Å². The zero-order valence-electron chi connectivity index (χ0n) is 44.7. The highest BCUT2D eigenvalue weighted by Crippen LogP contribution is 2.38. The van der Waals surface area contributed by atoms with Crippen LogP contribution in [-0.4, -0.2) is 166 Å². The molecule has 0 aliphatic carbocycles. The largest absolute Gasteiger partial charge is 0.490 e. The van der Waals surface area contributed by atoms with E-state index >= 15 is 0 Å². The van der Waals surface area contributed by atoms with E-state index in [4.69, 9.17) is 33.2 Å². The van der Waals surface area contributed by atoms with Crippen molar-refractivity contribution in [2.24, 2.45) is 11.3 Å². The van der Waals surface area contributed by atoms with Gasteiger partial charge >= 0.3 is 12.1 Å². The van der Waals surface area contributed by atoms with E-state index in [0.29, 0.717) is 16.6 Å². The maximum atomic E-state index is 14.1. The first kappa shape index (κ1) is 59.4. The predicted octanol–water partition coefficient (Wildman–Crippen LogP) is 6.74. The van der Waals surface area contributed by atoms with Gasteiger partial charge in [-0.1, -0.05) is 20.8 Å². The van der Waals surface area contributed by atoms with Gasteiger partial charge in [-0.3, -0.25) is 24.3 Å². The van der Waals surface area contributed by atoms with E-state index in [-0.39, 0.29) is 101 Å². The Hall–Kier alpha value is -5.52. The van der Waals surface area contributed by atoms with Gasteiger partial charge in [0.05, 0.1) is 79.3 Å². The quantitative estimate of drug-likeness (QED) is 0.0516. The van der Waals surface area contributed by atoms with E-state index in [9.17, 15) is 32.4 Å². The van der Waals surface area contributed by atoms with Gasteiger partial charge in [-0.05, 0) is 96.6 Å². The summed E-state index contributed by atoms with van der Waals surface area (Å²) in [5.41, 5.74) is 3.13. The number of benzene rings is 2. The number of amides is 3. The van der Waals surface area contributed by atoms with E-state index in [0.717, 1.165) is 20.8 Å². The van der Waals surface area contributed by atoms with Crippen molar-refractivity contribution in [2.75, 3.05) is 85.5 Å². The van der Waals surface area contributed by atoms with E-state index < -0.39 is 67.6 Å². The Labute approximate surface area is 438 Å². The van der Waals surface area contributed by atoms with Crippen LogP contribution in [0.5, 0.6) is 5.75 Å². The molecule has 5 rings (SSSR count). The number of nitrogens with zero attached hydrogens (tertiary/aromatic N) is 4. The summed E-state index contributed by atoms with van der Waals surface area (Å²) in [7, 11) is -1.18. The zero-order valence-corrected chi connectivity index (χ0v) is 46.4. The summed E-state index contributed by atoms with van der Waals surface area (Å²) in [6, 6.07) is 7.90. The first-order valence-electron chi connectivity index (χ1n) is 24.6. The number of hydrogen-bond donors (Lipinski definition) is 2. The van der Waals surface area contributed by atoms with Crippen molar-refractivity contribution in [1.82, 2.24) is 25.1 Å². The number of nitrogens with one attached hydrogen (secondary N) is 2. The first-order valence-corrected chi connectivity index (χ1v) is 27.0. The molecule has 0 saturated carbocycles. The fourth-order valence-corrected chi connectivity index (χ4v) is 9.84. The van der Waals surface area contributed by atoms with Gasteiger partial charge in [-0.15, -0.1) is 11.3 Å². The Bertz CT molecular complexity index is 2690. The van der Waals surface area contributed by atoms with Gasteiger partial charge in [0.25, 0.3) is 0 Å². The molecule has 4 atom stereocenters. The third kappa shape index (κ3) is 16.2. The molecule has 0 bridgehead atoms. The maximum absolute atomic E-state index is 14.1.